The fourth-order valence-corrected chi connectivity index (χ4v) is 5.30. The molecule has 2 amide bonds. The smallest absolute Gasteiger partial charge is 0.329 e. The molecule has 1 unspecified atom stereocenters. The molecule has 0 radical (unpaired) electrons. The zero-order valence-corrected chi connectivity index (χ0v) is 24.5. The molecule has 1 aliphatic carbocycles. The molecular weight excluding hydrogens is 534 g/mol. The fraction of sp³-hybridized carbons (Fsp3) is 0.548. The number of rotatable bonds is 14. The number of alkyl halides is 2. The summed E-state index contributed by atoms with van der Waals surface area (Å²) in [5.74, 6) is -3.83. The van der Waals surface area contributed by atoms with E-state index >= 15 is 0 Å². The summed E-state index contributed by atoms with van der Waals surface area (Å²) in [7, 11) is 0. The number of aliphatic hydroxyl groups is 1. The van der Waals surface area contributed by atoms with E-state index in [-0.39, 0.29) is 6.54 Å². The van der Waals surface area contributed by atoms with Crippen molar-refractivity contribution >= 4 is 12.0 Å². The van der Waals surface area contributed by atoms with E-state index in [2.05, 4.69) is 5.32 Å². The number of amides is 2. The van der Waals surface area contributed by atoms with Gasteiger partial charge in [0.1, 0.15) is 11.5 Å². The predicted octanol–water partition coefficient (Wildman–Crippen LogP) is 6.06. The molecule has 0 saturated heterocycles. The lowest BCUT2D eigenvalue weighted by Gasteiger charge is -2.45. The highest BCUT2D eigenvalue weighted by Gasteiger charge is 2.62. The van der Waals surface area contributed by atoms with Gasteiger partial charge < -0.3 is 29.9 Å². The number of unbranched alkanes of at least 4 members (excludes halogenated alkanes) is 1. The van der Waals surface area contributed by atoms with E-state index in [1.54, 1.807) is 32.9 Å². The first-order chi connectivity index (χ1) is 19.2. The summed E-state index contributed by atoms with van der Waals surface area (Å²) in [5.41, 5.74) is -1.05. The topological polar surface area (TPSA) is 108 Å². The number of aryl methyl sites for hydroxylation is 1. The van der Waals surface area contributed by atoms with Crippen molar-refractivity contribution in [3.8, 4) is 11.5 Å². The van der Waals surface area contributed by atoms with E-state index in [4.69, 9.17) is 9.47 Å². The number of hydrogen-bond donors (Lipinski definition) is 3. The number of carbonyl (C=O) groups is 2. The van der Waals surface area contributed by atoms with Crippen molar-refractivity contribution < 1.29 is 38.1 Å². The average Bonchev–Trinajstić information content (AvgIpc) is 2.87. The lowest BCUT2D eigenvalue weighted by atomic mass is 9.73. The fourth-order valence-electron chi connectivity index (χ4n) is 5.30. The predicted molar refractivity (Wildman–Crippen MR) is 152 cm³/mol. The first-order valence-corrected chi connectivity index (χ1v) is 14.1. The molecule has 1 atom stereocenters. The van der Waals surface area contributed by atoms with Gasteiger partial charge in [0.25, 0.3) is 5.92 Å². The molecule has 41 heavy (non-hydrogen) atoms. The van der Waals surface area contributed by atoms with E-state index in [0.29, 0.717) is 42.3 Å². The molecule has 3 N–H and O–H groups in total. The third-order valence-electron chi connectivity index (χ3n) is 7.34. The summed E-state index contributed by atoms with van der Waals surface area (Å²) in [6, 6.07) is 12.0. The van der Waals surface area contributed by atoms with Crippen molar-refractivity contribution in [1.82, 2.24) is 10.2 Å². The number of halogens is 2. The number of nitrogens with zero attached hydrogens (tertiary/aromatic N) is 1. The lowest BCUT2D eigenvalue weighted by molar-refractivity contribution is -0.175. The minimum absolute atomic E-state index is 0.257. The van der Waals surface area contributed by atoms with Crippen LogP contribution in [-0.4, -0.2) is 58.3 Å². The van der Waals surface area contributed by atoms with Gasteiger partial charge in [-0.2, -0.15) is 0 Å². The van der Waals surface area contributed by atoms with Gasteiger partial charge in [0.05, 0.1) is 30.4 Å². The van der Waals surface area contributed by atoms with Crippen molar-refractivity contribution in [3.63, 3.8) is 0 Å². The van der Waals surface area contributed by atoms with Crippen molar-refractivity contribution in [2.24, 2.45) is 0 Å². The Kier molecular flexibility index (Phi) is 10.2. The summed E-state index contributed by atoms with van der Waals surface area (Å²) in [4.78, 5) is 27.0. The van der Waals surface area contributed by atoms with Crippen LogP contribution in [0.25, 0.3) is 0 Å². The molecule has 1 saturated carbocycles. The second-order valence-corrected chi connectivity index (χ2v) is 11.2. The van der Waals surface area contributed by atoms with Crippen molar-refractivity contribution in [2.75, 3.05) is 19.8 Å². The second-order valence-electron chi connectivity index (χ2n) is 11.2. The summed E-state index contributed by atoms with van der Waals surface area (Å²) in [6.07, 6.45) is 0.232. The zero-order chi connectivity index (χ0) is 30.4. The lowest BCUT2D eigenvalue weighted by Crippen LogP contribution is -2.68. The molecule has 2 aromatic carbocycles. The van der Waals surface area contributed by atoms with Gasteiger partial charge >= 0.3 is 12.0 Å². The summed E-state index contributed by atoms with van der Waals surface area (Å²) in [6.45, 7) is 9.58. The molecule has 10 heteroatoms. The molecule has 8 nitrogen and oxygen atoms in total. The Morgan fingerprint density at radius 2 is 1.61 bits per heavy atom. The van der Waals surface area contributed by atoms with Crippen molar-refractivity contribution in [1.29, 1.82) is 0 Å². The maximum Gasteiger partial charge on any atom is 0.329 e. The Labute approximate surface area is 240 Å². The molecule has 3 rings (SSSR count). The van der Waals surface area contributed by atoms with E-state index in [1.807, 2.05) is 44.2 Å². The van der Waals surface area contributed by atoms with Crippen LogP contribution in [0.3, 0.4) is 0 Å². The minimum Gasteiger partial charge on any atom is -0.493 e. The first kappa shape index (κ1) is 32.1. The number of urea groups is 1. The zero-order valence-electron chi connectivity index (χ0n) is 24.5. The SMILES string of the molecule is CCOc1cc(C(C)N(CCCCc2ccccc2)C(=O)NC2(C(=O)O)CC(F)(F)C2)cc(OCC)c1C(C)(C)O. The number of carboxylic acids is 1. The van der Waals surface area contributed by atoms with Crippen molar-refractivity contribution in [3.05, 3.63) is 59.2 Å². The molecule has 226 valence electrons. The quantitative estimate of drug-likeness (QED) is 0.236. The van der Waals surface area contributed by atoms with E-state index in [0.717, 1.165) is 18.4 Å². The number of carboxylic acid groups (broad SMARTS) is 1. The number of nitrogens with one attached hydrogen (secondary N) is 1. The Hall–Kier alpha value is -3.40. The summed E-state index contributed by atoms with van der Waals surface area (Å²) >= 11 is 0. The van der Waals surface area contributed by atoms with Gasteiger partial charge in [-0.15, -0.1) is 0 Å². The normalized spacial score (nSPS) is 16.3. The van der Waals surface area contributed by atoms with Crippen LogP contribution in [0.4, 0.5) is 13.6 Å². The molecular formula is C31H42F2N2O6. The van der Waals surface area contributed by atoms with E-state index < -0.39 is 47.9 Å². The van der Waals surface area contributed by atoms with E-state index in [1.165, 1.54) is 4.90 Å². The Morgan fingerprint density at radius 1 is 1.05 bits per heavy atom. The highest BCUT2D eigenvalue weighted by Crippen LogP contribution is 2.46. The maximum absolute atomic E-state index is 13.8. The number of carbonyl (C=O) groups excluding carboxylic acids is 1. The first-order valence-electron chi connectivity index (χ1n) is 14.1. The molecule has 0 aromatic heterocycles. The van der Waals surface area contributed by atoms with Gasteiger partial charge in [0.15, 0.2) is 5.54 Å². The third kappa shape index (κ3) is 7.87. The molecule has 0 spiro atoms. The Bertz CT molecular complexity index is 1160. The van der Waals surface area contributed by atoms with Gasteiger partial charge in [0, 0.05) is 19.4 Å². The van der Waals surface area contributed by atoms with Crippen LogP contribution in [-0.2, 0) is 16.8 Å². The van der Waals surface area contributed by atoms with Gasteiger partial charge in [-0.1, -0.05) is 30.3 Å². The van der Waals surface area contributed by atoms with Crippen LogP contribution >= 0.6 is 0 Å². The highest BCUT2D eigenvalue weighted by molar-refractivity contribution is 5.88. The monoisotopic (exact) mass is 576 g/mol. The van der Waals surface area contributed by atoms with Crippen LogP contribution in [0.2, 0.25) is 0 Å². The van der Waals surface area contributed by atoms with Crippen molar-refractivity contribution in [2.45, 2.75) is 89.8 Å². The van der Waals surface area contributed by atoms with Crippen LogP contribution in [0, 0.1) is 0 Å². The van der Waals surface area contributed by atoms with Gasteiger partial charge in [0.2, 0.25) is 0 Å². The highest BCUT2D eigenvalue weighted by atomic mass is 19.3. The number of aliphatic carboxylic acids is 1. The maximum atomic E-state index is 13.8. The molecule has 1 aliphatic rings. The summed E-state index contributed by atoms with van der Waals surface area (Å²) < 4.78 is 39.3. The van der Waals surface area contributed by atoms with Crippen LogP contribution in [0.1, 0.15) is 83.0 Å². The standard InChI is InChI=1S/C31H42F2N2O6/c1-6-40-24-17-23(18-25(41-7-2)26(24)29(4,5)39)21(3)35(16-12-11-15-22-13-9-8-10-14-22)28(38)34-30(27(36)37)19-31(32,33)20-30/h8-10,13-14,17-18,21,39H,6-7,11-12,15-16,19-20H2,1-5H3,(H,34,38)(H,36,37). The number of ether oxygens (including phenoxy) is 2. The van der Waals surface area contributed by atoms with Crippen LogP contribution < -0.4 is 14.8 Å². The van der Waals surface area contributed by atoms with Gasteiger partial charge in [-0.3, -0.25) is 0 Å². The minimum atomic E-state index is -3.15. The average molecular weight is 577 g/mol. The number of benzene rings is 2. The number of hydrogen-bond acceptors (Lipinski definition) is 5. The van der Waals surface area contributed by atoms with Crippen LogP contribution in [0.5, 0.6) is 11.5 Å². The van der Waals surface area contributed by atoms with Crippen LogP contribution in [0.15, 0.2) is 42.5 Å². The molecule has 0 heterocycles. The largest absolute Gasteiger partial charge is 0.493 e. The third-order valence-corrected chi connectivity index (χ3v) is 7.34. The van der Waals surface area contributed by atoms with Gasteiger partial charge in [-0.25, -0.2) is 18.4 Å². The Morgan fingerprint density at radius 3 is 2.07 bits per heavy atom. The summed E-state index contributed by atoms with van der Waals surface area (Å²) in [5, 5.41) is 23.0. The van der Waals surface area contributed by atoms with Gasteiger partial charge in [-0.05, 0) is 77.1 Å². The molecule has 2 aromatic rings. The van der Waals surface area contributed by atoms with E-state index in [9.17, 15) is 28.6 Å². The molecule has 0 bridgehead atoms. The second kappa shape index (κ2) is 13.1. The molecule has 0 aliphatic heterocycles. The Balaban J connectivity index is 1.93. The molecule has 1 fully saturated rings.